The van der Waals surface area contributed by atoms with Crippen molar-refractivity contribution in [1.82, 2.24) is 10.0 Å². The van der Waals surface area contributed by atoms with Crippen molar-refractivity contribution in [3.63, 3.8) is 0 Å². The van der Waals surface area contributed by atoms with E-state index in [9.17, 15) is 32.9 Å². The summed E-state index contributed by atoms with van der Waals surface area (Å²) in [6.45, 7) is -0.996. The number of benzene rings is 1. The standard InChI is InChI=1S/C16H15N3O8S2/c20-13(18-16(22)11-3-1-4-12(9-11)19(23)24)10-27-14(21)6-7-17-29(25,26)15-5-2-8-28-15/h1-5,8-9,17H,6-7,10H2,(H,18,20,22). The summed E-state index contributed by atoms with van der Waals surface area (Å²) < 4.78 is 30.7. The van der Waals surface area contributed by atoms with Gasteiger partial charge in [0.15, 0.2) is 6.61 Å². The van der Waals surface area contributed by atoms with Crippen LogP contribution in [0.2, 0.25) is 0 Å². The van der Waals surface area contributed by atoms with Crippen LogP contribution in [0, 0.1) is 10.1 Å². The Morgan fingerprint density at radius 3 is 2.59 bits per heavy atom. The van der Waals surface area contributed by atoms with Gasteiger partial charge in [-0.2, -0.15) is 0 Å². The van der Waals surface area contributed by atoms with Gasteiger partial charge in [-0.3, -0.25) is 29.8 Å². The van der Waals surface area contributed by atoms with Crippen LogP contribution in [0.3, 0.4) is 0 Å². The Labute approximate surface area is 168 Å². The minimum absolute atomic E-state index is 0.102. The number of ether oxygens (including phenoxy) is 1. The Morgan fingerprint density at radius 2 is 1.93 bits per heavy atom. The molecule has 0 saturated heterocycles. The number of sulfonamides is 1. The lowest BCUT2D eigenvalue weighted by atomic mass is 10.2. The number of esters is 1. The maximum absolute atomic E-state index is 11.9. The van der Waals surface area contributed by atoms with E-state index >= 15 is 0 Å². The molecule has 0 fully saturated rings. The molecule has 2 amide bonds. The van der Waals surface area contributed by atoms with Crippen molar-refractivity contribution in [1.29, 1.82) is 0 Å². The Balaban J connectivity index is 1.74. The molecule has 0 spiro atoms. The molecule has 0 saturated carbocycles. The summed E-state index contributed by atoms with van der Waals surface area (Å²) >= 11 is 1.02. The van der Waals surface area contributed by atoms with Crippen molar-refractivity contribution in [3.05, 3.63) is 57.5 Å². The minimum Gasteiger partial charge on any atom is -0.456 e. The first-order valence-electron chi connectivity index (χ1n) is 7.96. The molecule has 0 aliphatic carbocycles. The Morgan fingerprint density at radius 1 is 1.17 bits per heavy atom. The van der Waals surface area contributed by atoms with Gasteiger partial charge in [0.1, 0.15) is 4.21 Å². The number of non-ortho nitro benzene ring substituents is 1. The van der Waals surface area contributed by atoms with Crippen LogP contribution in [0.15, 0.2) is 46.0 Å². The molecule has 0 aliphatic heterocycles. The van der Waals surface area contributed by atoms with E-state index < -0.39 is 39.3 Å². The van der Waals surface area contributed by atoms with E-state index in [4.69, 9.17) is 0 Å². The van der Waals surface area contributed by atoms with E-state index in [1.165, 1.54) is 24.3 Å². The van der Waals surface area contributed by atoms with Crippen molar-refractivity contribution in [2.75, 3.05) is 13.2 Å². The van der Waals surface area contributed by atoms with Crippen molar-refractivity contribution in [2.45, 2.75) is 10.6 Å². The number of amides is 2. The van der Waals surface area contributed by atoms with E-state index in [0.717, 1.165) is 17.4 Å². The van der Waals surface area contributed by atoms with E-state index in [1.54, 1.807) is 11.4 Å². The summed E-state index contributed by atoms with van der Waals surface area (Å²) in [7, 11) is -3.71. The fourth-order valence-electron chi connectivity index (χ4n) is 1.99. The van der Waals surface area contributed by atoms with Crippen LogP contribution in [-0.2, 0) is 24.3 Å². The number of nitrogens with one attached hydrogen (secondary N) is 2. The fourth-order valence-corrected chi connectivity index (χ4v) is 4.06. The van der Waals surface area contributed by atoms with Gasteiger partial charge in [-0.05, 0) is 17.5 Å². The molecule has 1 aromatic carbocycles. The summed E-state index contributed by atoms with van der Waals surface area (Å²) in [4.78, 5) is 45.2. The summed E-state index contributed by atoms with van der Waals surface area (Å²) in [5, 5.41) is 14.2. The maximum Gasteiger partial charge on any atom is 0.307 e. The number of carbonyl (C=O) groups is 3. The van der Waals surface area contributed by atoms with Crippen molar-refractivity contribution in [3.8, 4) is 0 Å². The smallest absolute Gasteiger partial charge is 0.307 e. The number of imide groups is 1. The lowest BCUT2D eigenvalue weighted by molar-refractivity contribution is -0.384. The molecule has 0 bridgehead atoms. The zero-order valence-corrected chi connectivity index (χ0v) is 16.3. The van der Waals surface area contributed by atoms with Crippen molar-refractivity contribution < 1.29 is 32.5 Å². The van der Waals surface area contributed by atoms with Crippen molar-refractivity contribution >= 4 is 44.8 Å². The maximum atomic E-state index is 11.9. The largest absolute Gasteiger partial charge is 0.456 e. The predicted molar refractivity (Wildman–Crippen MR) is 101 cm³/mol. The third-order valence-electron chi connectivity index (χ3n) is 3.32. The minimum atomic E-state index is -3.71. The van der Waals surface area contributed by atoms with Gasteiger partial charge in [-0.1, -0.05) is 12.1 Å². The van der Waals surface area contributed by atoms with E-state index in [1.807, 2.05) is 5.32 Å². The quantitative estimate of drug-likeness (QED) is 0.328. The predicted octanol–water partition coefficient (Wildman–Crippen LogP) is 0.825. The highest BCUT2D eigenvalue weighted by atomic mass is 32.2. The van der Waals surface area contributed by atoms with Gasteiger partial charge in [0.05, 0.1) is 11.3 Å². The van der Waals surface area contributed by atoms with Crippen LogP contribution < -0.4 is 10.0 Å². The average Bonchev–Trinajstić information content (AvgIpc) is 3.22. The molecule has 0 aliphatic rings. The zero-order valence-electron chi connectivity index (χ0n) is 14.7. The number of thiophene rings is 1. The molecule has 1 heterocycles. The van der Waals surface area contributed by atoms with Gasteiger partial charge in [0.25, 0.3) is 17.5 Å². The Hall–Kier alpha value is -3.16. The number of carbonyl (C=O) groups excluding carboxylic acids is 3. The van der Waals surface area contributed by atoms with Crippen LogP contribution in [0.5, 0.6) is 0 Å². The second-order valence-electron chi connectivity index (χ2n) is 5.43. The molecular weight excluding hydrogens is 426 g/mol. The second-order valence-corrected chi connectivity index (χ2v) is 8.37. The van der Waals surface area contributed by atoms with Gasteiger partial charge >= 0.3 is 5.97 Å². The van der Waals surface area contributed by atoms with Gasteiger partial charge in [-0.15, -0.1) is 11.3 Å². The van der Waals surface area contributed by atoms with Gasteiger partial charge in [-0.25, -0.2) is 13.1 Å². The SMILES string of the molecule is O=C(COC(=O)CCNS(=O)(=O)c1cccs1)NC(=O)c1cccc([N+](=O)[O-])c1. The van der Waals surface area contributed by atoms with Gasteiger partial charge in [0.2, 0.25) is 10.0 Å². The van der Waals surface area contributed by atoms with E-state index in [0.29, 0.717) is 0 Å². The highest BCUT2D eigenvalue weighted by Gasteiger charge is 2.17. The van der Waals surface area contributed by atoms with E-state index in [-0.39, 0.29) is 28.4 Å². The number of hydrogen-bond acceptors (Lipinski definition) is 9. The molecule has 2 aromatic rings. The fraction of sp³-hybridized carbons (Fsp3) is 0.188. The first-order chi connectivity index (χ1) is 13.7. The van der Waals surface area contributed by atoms with Crippen molar-refractivity contribution in [2.24, 2.45) is 0 Å². The summed E-state index contributed by atoms with van der Waals surface area (Å²) in [5.74, 6) is -2.68. The molecular formula is C16H15N3O8S2. The van der Waals surface area contributed by atoms with Gasteiger partial charge < -0.3 is 4.74 Å². The highest BCUT2D eigenvalue weighted by molar-refractivity contribution is 7.91. The molecule has 1 aromatic heterocycles. The lowest BCUT2D eigenvalue weighted by Gasteiger charge is -2.07. The normalized spacial score (nSPS) is 10.9. The molecule has 0 unspecified atom stereocenters. The first-order valence-corrected chi connectivity index (χ1v) is 10.3. The number of nitro groups is 1. The average molecular weight is 441 g/mol. The topological polar surface area (TPSA) is 162 Å². The second kappa shape index (κ2) is 9.86. The number of nitrogens with zero attached hydrogens (tertiary/aromatic N) is 1. The zero-order chi connectivity index (χ0) is 21.4. The van der Waals surface area contributed by atoms with E-state index in [2.05, 4.69) is 9.46 Å². The molecule has 2 N–H and O–H groups in total. The Bertz CT molecular complexity index is 1020. The first kappa shape index (κ1) is 22.1. The Kier molecular flexibility index (Phi) is 7.52. The van der Waals surface area contributed by atoms with Crippen LogP contribution >= 0.6 is 11.3 Å². The molecule has 0 radical (unpaired) electrons. The molecule has 0 atom stereocenters. The summed E-state index contributed by atoms with van der Waals surface area (Å²) in [5.41, 5.74) is -0.427. The molecule has 29 heavy (non-hydrogen) atoms. The summed E-state index contributed by atoms with van der Waals surface area (Å²) in [6.07, 6.45) is -0.323. The number of hydrogen-bond donors (Lipinski definition) is 2. The molecule has 154 valence electrons. The number of rotatable bonds is 9. The number of nitro benzene ring substituents is 1. The third kappa shape index (κ3) is 6.74. The monoisotopic (exact) mass is 441 g/mol. The lowest BCUT2D eigenvalue weighted by Crippen LogP contribution is -2.34. The van der Waals surface area contributed by atoms with Gasteiger partial charge in [0, 0.05) is 24.2 Å². The highest BCUT2D eigenvalue weighted by Crippen LogP contribution is 2.15. The van der Waals surface area contributed by atoms with Crippen LogP contribution in [-0.4, -0.2) is 44.3 Å². The van der Waals surface area contributed by atoms with Crippen LogP contribution in [0.4, 0.5) is 5.69 Å². The summed E-state index contributed by atoms with van der Waals surface area (Å²) in [6, 6.07) is 7.73. The molecule has 2 rings (SSSR count). The van der Waals surface area contributed by atoms with Crippen LogP contribution in [0.1, 0.15) is 16.8 Å². The third-order valence-corrected chi connectivity index (χ3v) is 6.18. The molecule has 13 heteroatoms. The molecule has 11 nitrogen and oxygen atoms in total. The van der Waals surface area contributed by atoms with Crippen LogP contribution in [0.25, 0.3) is 0 Å².